The SMILES string of the molecule is CC(C)[C@H](NC(=O)c1cnn2c(C(F)(F)F)cc(-c3ccc(Cl)s3)nc12)C(=O)O. The minimum Gasteiger partial charge on any atom is -0.480 e. The van der Waals surface area contributed by atoms with Gasteiger partial charge in [-0.25, -0.2) is 14.3 Å². The van der Waals surface area contributed by atoms with Crippen molar-refractivity contribution in [3.8, 4) is 10.6 Å². The third-order valence-electron chi connectivity index (χ3n) is 4.05. The molecule has 1 amide bonds. The lowest BCUT2D eigenvalue weighted by molar-refractivity contribution is -0.142. The number of carbonyl (C=O) groups excluding carboxylic acids is 1. The first-order chi connectivity index (χ1) is 13.5. The second-order valence-corrected chi connectivity index (χ2v) is 8.17. The number of thiophene rings is 1. The zero-order valence-corrected chi connectivity index (χ0v) is 16.6. The quantitative estimate of drug-likeness (QED) is 0.618. The number of nitrogens with zero attached hydrogens (tertiary/aromatic N) is 3. The zero-order valence-electron chi connectivity index (χ0n) is 15.0. The van der Waals surface area contributed by atoms with Crippen LogP contribution in [0.3, 0.4) is 0 Å². The van der Waals surface area contributed by atoms with Crippen LogP contribution in [0.5, 0.6) is 0 Å². The Morgan fingerprint density at radius 1 is 1.31 bits per heavy atom. The normalized spacial score (nSPS) is 13.1. The Morgan fingerprint density at radius 3 is 2.52 bits per heavy atom. The Labute approximate surface area is 171 Å². The summed E-state index contributed by atoms with van der Waals surface area (Å²) in [6, 6.07) is 2.63. The highest BCUT2D eigenvalue weighted by atomic mass is 35.5. The Morgan fingerprint density at radius 2 is 2.00 bits per heavy atom. The molecule has 0 aliphatic rings. The number of hydrogen-bond acceptors (Lipinski definition) is 5. The average Bonchev–Trinajstić information content (AvgIpc) is 3.23. The molecule has 3 aromatic heterocycles. The molecular weight excluding hydrogens is 433 g/mol. The molecule has 3 aromatic rings. The average molecular weight is 447 g/mol. The van der Waals surface area contributed by atoms with Crippen molar-refractivity contribution >= 4 is 40.5 Å². The lowest BCUT2D eigenvalue weighted by Gasteiger charge is -2.17. The van der Waals surface area contributed by atoms with Crippen LogP contribution in [-0.4, -0.2) is 37.6 Å². The minimum atomic E-state index is -4.77. The highest BCUT2D eigenvalue weighted by Gasteiger charge is 2.36. The summed E-state index contributed by atoms with van der Waals surface area (Å²) in [5.41, 5.74) is -1.77. The van der Waals surface area contributed by atoms with Crippen molar-refractivity contribution in [1.82, 2.24) is 19.9 Å². The molecule has 3 rings (SSSR count). The number of alkyl halides is 3. The fraction of sp³-hybridized carbons (Fsp3) is 0.294. The molecule has 29 heavy (non-hydrogen) atoms. The van der Waals surface area contributed by atoms with Crippen molar-refractivity contribution in [2.75, 3.05) is 0 Å². The molecule has 12 heteroatoms. The molecule has 0 unspecified atom stereocenters. The summed E-state index contributed by atoms with van der Waals surface area (Å²) in [6.45, 7) is 3.18. The molecule has 0 radical (unpaired) electrons. The first-order valence-corrected chi connectivity index (χ1v) is 9.44. The predicted molar refractivity (Wildman–Crippen MR) is 100 cm³/mol. The van der Waals surface area contributed by atoms with E-state index in [0.717, 1.165) is 23.6 Å². The number of carboxylic acids is 1. The topological polar surface area (TPSA) is 96.6 Å². The van der Waals surface area contributed by atoms with Gasteiger partial charge in [-0.3, -0.25) is 4.79 Å². The van der Waals surface area contributed by atoms with Gasteiger partial charge in [0, 0.05) is 0 Å². The third kappa shape index (κ3) is 4.20. The fourth-order valence-corrected chi connectivity index (χ4v) is 3.64. The van der Waals surface area contributed by atoms with Crippen LogP contribution >= 0.6 is 22.9 Å². The van der Waals surface area contributed by atoms with Crippen LogP contribution in [0.15, 0.2) is 24.4 Å². The van der Waals surface area contributed by atoms with Crippen LogP contribution in [0.25, 0.3) is 16.2 Å². The van der Waals surface area contributed by atoms with E-state index in [-0.39, 0.29) is 16.9 Å². The van der Waals surface area contributed by atoms with E-state index >= 15 is 0 Å². The fourth-order valence-electron chi connectivity index (χ4n) is 2.64. The first-order valence-electron chi connectivity index (χ1n) is 8.24. The van der Waals surface area contributed by atoms with E-state index in [1.807, 2.05) is 0 Å². The molecule has 0 saturated carbocycles. The highest BCUT2D eigenvalue weighted by Crippen LogP contribution is 2.35. The lowest BCUT2D eigenvalue weighted by Crippen LogP contribution is -2.44. The minimum absolute atomic E-state index is 0.0325. The van der Waals surface area contributed by atoms with E-state index in [1.165, 1.54) is 12.1 Å². The number of halogens is 4. The number of hydrogen-bond donors (Lipinski definition) is 2. The van der Waals surface area contributed by atoms with Gasteiger partial charge >= 0.3 is 12.1 Å². The van der Waals surface area contributed by atoms with Crippen LogP contribution in [-0.2, 0) is 11.0 Å². The number of carbonyl (C=O) groups is 2. The smallest absolute Gasteiger partial charge is 0.433 e. The molecule has 0 bridgehead atoms. The number of nitrogens with one attached hydrogen (secondary N) is 1. The van der Waals surface area contributed by atoms with Gasteiger partial charge in [0.25, 0.3) is 5.91 Å². The number of aromatic nitrogens is 3. The van der Waals surface area contributed by atoms with Crippen molar-refractivity contribution in [2.45, 2.75) is 26.1 Å². The second kappa shape index (κ2) is 7.64. The number of rotatable bonds is 5. The molecule has 154 valence electrons. The zero-order chi connectivity index (χ0) is 21.5. The van der Waals surface area contributed by atoms with Crippen molar-refractivity contribution < 1.29 is 27.9 Å². The Balaban J connectivity index is 2.15. The van der Waals surface area contributed by atoms with Gasteiger partial charge in [-0.2, -0.15) is 18.3 Å². The van der Waals surface area contributed by atoms with Crippen LogP contribution in [0.4, 0.5) is 13.2 Å². The molecule has 0 fully saturated rings. The monoisotopic (exact) mass is 446 g/mol. The number of aliphatic carboxylic acids is 1. The van der Waals surface area contributed by atoms with Crippen molar-refractivity contribution in [3.63, 3.8) is 0 Å². The lowest BCUT2D eigenvalue weighted by atomic mass is 10.0. The van der Waals surface area contributed by atoms with Gasteiger partial charge in [-0.05, 0) is 24.1 Å². The molecule has 0 saturated heterocycles. The van der Waals surface area contributed by atoms with Crippen LogP contribution in [0.2, 0.25) is 4.34 Å². The van der Waals surface area contributed by atoms with E-state index in [4.69, 9.17) is 11.6 Å². The first kappa shape index (κ1) is 21.1. The van der Waals surface area contributed by atoms with Crippen molar-refractivity contribution in [3.05, 3.63) is 40.0 Å². The number of fused-ring (bicyclic) bond motifs is 1. The van der Waals surface area contributed by atoms with Gasteiger partial charge in [0.1, 0.15) is 11.6 Å². The summed E-state index contributed by atoms with van der Waals surface area (Å²) in [5.74, 6) is -2.59. The molecule has 0 aromatic carbocycles. The highest BCUT2D eigenvalue weighted by molar-refractivity contribution is 7.19. The van der Waals surface area contributed by atoms with Crippen molar-refractivity contribution in [1.29, 1.82) is 0 Å². The molecule has 3 heterocycles. The van der Waals surface area contributed by atoms with Gasteiger partial charge in [0.15, 0.2) is 11.3 Å². The summed E-state index contributed by atoms with van der Waals surface area (Å²) in [6.07, 6.45) is -3.84. The Hall–Kier alpha value is -2.66. The maximum Gasteiger partial charge on any atom is 0.433 e. The van der Waals surface area contributed by atoms with Gasteiger partial charge in [-0.15, -0.1) is 11.3 Å². The number of amides is 1. The van der Waals surface area contributed by atoms with Crippen LogP contribution < -0.4 is 5.32 Å². The predicted octanol–water partition coefficient (Wildman–Crippen LogP) is 3.97. The molecule has 1 atom stereocenters. The second-order valence-electron chi connectivity index (χ2n) is 6.46. The molecule has 7 nitrogen and oxygen atoms in total. The summed E-state index contributed by atoms with van der Waals surface area (Å²) in [7, 11) is 0. The Kier molecular flexibility index (Phi) is 5.54. The standard InChI is InChI=1S/C17H14ClF3N4O3S/c1-7(2)13(16(27)28)24-15(26)8-6-22-25-11(17(19,20)21)5-9(23-14(8)25)10-3-4-12(18)29-10/h3-7,13H,1-2H3,(H,24,26)(H,27,28)/t13-/m0/s1. The number of carboxylic acid groups (broad SMARTS) is 1. The summed E-state index contributed by atoms with van der Waals surface area (Å²) < 4.78 is 41.6. The van der Waals surface area contributed by atoms with Crippen LogP contribution in [0, 0.1) is 5.92 Å². The Bertz CT molecular complexity index is 1090. The van der Waals surface area contributed by atoms with E-state index in [9.17, 15) is 27.9 Å². The summed E-state index contributed by atoms with van der Waals surface area (Å²) >= 11 is 6.90. The molecule has 0 spiro atoms. The molecular formula is C17H14ClF3N4O3S. The van der Waals surface area contributed by atoms with Crippen molar-refractivity contribution in [2.24, 2.45) is 5.92 Å². The van der Waals surface area contributed by atoms with E-state index < -0.39 is 35.7 Å². The van der Waals surface area contributed by atoms with Gasteiger partial charge in [0.2, 0.25) is 0 Å². The summed E-state index contributed by atoms with van der Waals surface area (Å²) in [5, 5.41) is 15.2. The maximum absolute atomic E-state index is 13.6. The molecule has 0 aliphatic carbocycles. The third-order valence-corrected chi connectivity index (χ3v) is 5.31. The molecule has 2 N–H and O–H groups in total. The maximum atomic E-state index is 13.6. The van der Waals surface area contributed by atoms with E-state index in [0.29, 0.717) is 13.7 Å². The van der Waals surface area contributed by atoms with Gasteiger partial charge in [-0.1, -0.05) is 25.4 Å². The van der Waals surface area contributed by atoms with E-state index in [1.54, 1.807) is 13.8 Å². The van der Waals surface area contributed by atoms with Crippen LogP contribution in [0.1, 0.15) is 29.9 Å². The van der Waals surface area contributed by atoms with Gasteiger partial charge < -0.3 is 10.4 Å². The largest absolute Gasteiger partial charge is 0.480 e. The van der Waals surface area contributed by atoms with Gasteiger partial charge in [0.05, 0.1) is 21.1 Å². The summed E-state index contributed by atoms with van der Waals surface area (Å²) in [4.78, 5) is 28.4. The van der Waals surface area contributed by atoms with E-state index in [2.05, 4.69) is 15.4 Å². The molecule has 0 aliphatic heterocycles.